The summed E-state index contributed by atoms with van der Waals surface area (Å²) < 4.78 is 1.20. The zero-order chi connectivity index (χ0) is 33.0. The maximum Gasteiger partial charge on any atom is 0.226 e. The second kappa shape index (κ2) is 29.0. The molecule has 43 heavy (non-hydrogen) atoms. The number of benzene rings is 1. The Morgan fingerprint density at radius 1 is 1.19 bits per heavy atom. The number of likely N-dealkylation sites (tertiary alicyclic amines) is 1. The van der Waals surface area contributed by atoms with Crippen LogP contribution in [0.2, 0.25) is 5.02 Å². The number of halogens is 1. The Kier molecular flexibility index (Phi) is 29.3. The summed E-state index contributed by atoms with van der Waals surface area (Å²) in [5.41, 5.74) is 3.36. The molecule has 0 saturated carbocycles. The lowest BCUT2D eigenvalue weighted by Crippen LogP contribution is -2.41. The number of aliphatic imine (C=N–C) groups is 1. The number of carbonyl (C=O) groups excluding carboxylic acids is 2. The summed E-state index contributed by atoms with van der Waals surface area (Å²) in [7, 11) is 1.76. The molecule has 1 heterocycles. The summed E-state index contributed by atoms with van der Waals surface area (Å²) in [5, 5.41) is 3.74. The van der Waals surface area contributed by atoms with E-state index in [1.165, 1.54) is 27.7 Å². The Morgan fingerprint density at radius 2 is 1.84 bits per heavy atom. The van der Waals surface area contributed by atoms with Crippen LogP contribution < -0.4 is 5.32 Å². The number of allylic oxidation sites excluding steroid dienone is 2. The van der Waals surface area contributed by atoms with E-state index in [1.807, 2.05) is 52.5 Å². The minimum absolute atomic E-state index is 0.131. The number of hydrogen-bond donors (Lipinski definition) is 1. The molecule has 0 atom stereocenters. The third kappa shape index (κ3) is 20.8. The van der Waals surface area contributed by atoms with Crippen LogP contribution in [0.25, 0.3) is 0 Å². The van der Waals surface area contributed by atoms with Gasteiger partial charge in [-0.05, 0) is 68.2 Å². The monoisotopic (exact) mass is 654 g/mol. The lowest BCUT2D eigenvalue weighted by molar-refractivity contribution is -0.127. The predicted octanol–water partition coefficient (Wildman–Crippen LogP) is 8.84. The molecule has 1 aromatic carbocycles. The second-order valence-corrected chi connectivity index (χ2v) is 12.1. The highest BCUT2D eigenvalue weighted by molar-refractivity contribution is 8.38. The summed E-state index contributed by atoms with van der Waals surface area (Å²) in [6.45, 7) is 21.7. The topological polar surface area (TPSA) is 65.0 Å². The zero-order valence-corrected chi connectivity index (χ0v) is 30.8. The van der Waals surface area contributed by atoms with Gasteiger partial charge in [-0.25, -0.2) is 0 Å². The summed E-state index contributed by atoms with van der Waals surface area (Å²) in [5.74, 6) is 1.31. The summed E-state index contributed by atoms with van der Waals surface area (Å²) >= 11 is 9.83. The molecule has 1 saturated heterocycles. The van der Waals surface area contributed by atoms with Crippen molar-refractivity contribution >= 4 is 51.8 Å². The van der Waals surface area contributed by atoms with E-state index in [4.69, 9.17) is 11.6 Å². The van der Waals surface area contributed by atoms with Crippen molar-refractivity contribution in [3.05, 3.63) is 58.8 Å². The number of carbonyl (C=O) groups is 2. The lowest BCUT2D eigenvalue weighted by atomic mass is 10.0. The maximum atomic E-state index is 11.0. The fourth-order valence-electron chi connectivity index (χ4n) is 3.83. The Morgan fingerprint density at radius 3 is 2.30 bits per heavy atom. The Labute approximate surface area is 277 Å². The molecule has 0 spiro atoms. The van der Waals surface area contributed by atoms with Gasteiger partial charge in [0.25, 0.3) is 0 Å². The number of aryl methyl sites for hydroxylation is 1. The summed E-state index contributed by atoms with van der Waals surface area (Å²) in [4.78, 5) is 29.8. The van der Waals surface area contributed by atoms with Crippen LogP contribution in [0.3, 0.4) is 0 Å². The first-order valence-corrected chi connectivity index (χ1v) is 18.3. The number of piperidine rings is 1. The Bertz CT molecular complexity index is 932. The quantitative estimate of drug-likeness (QED) is 0.106. The van der Waals surface area contributed by atoms with E-state index in [-0.39, 0.29) is 5.91 Å². The SMILES string of the molecule is C/C=C/CN=C(SC)SCCC.C=C(CC)N(C)C(=O)CC.CC.CCc1ccc(CN2CCC(NC=O)CC2)cc1Cl. The molecule has 2 amide bonds. The Hall–Kier alpha value is -1.74. The predicted molar refractivity (Wildman–Crippen MR) is 196 cm³/mol. The van der Waals surface area contributed by atoms with Gasteiger partial charge in [-0.3, -0.25) is 19.5 Å². The van der Waals surface area contributed by atoms with Crippen LogP contribution in [0.5, 0.6) is 0 Å². The van der Waals surface area contributed by atoms with Gasteiger partial charge >= 0.3 is 0 Å². The van der Waals surface area contributed by atoms with Crippen molar-refractivity contribution < 1.29 is 9.59 Å². The van der Waals surface area contributed by atoms with E-state index >= 15 is 0 Å². The highest BCUT2D eigenvalue weighted by Gasteiger charge is 2.18. The van der Waals surface area contributed by atoms with Crippen LogP contribution in [0, 0.1) is 0 Å². The Balaban J connectivity index is 0. The highest BCUT2D eigenvalue weighted by atomic mass is 35.5. The fourth-order valence-corrected chi connectivity index (χ4v) is 5.64. The normalized spacial score (nSPS) is 13.5. The molecule has 1 aromatic rings. The van der Waals surface area contributed by atoms with E-state index in [0.717, 1.165) is 69.0 Å². The van der Waals surface area contributed by atoms with Gasteiger partial charge in [-0.2, -0.15) is 0 Å². The van der Waals surface area contributed by atoms with Crippen LogP contribution in [0.15, 0.2) is 47.6 Å². The molecule has 0 unspecified atom stereocenters. The number of rotatable bonds is 12. The van der Waals surface area contributed by atoms with Gasteiger partial charge in [0.15, 0.2) is 0 Å². The van der Waals surface area contributed by atoms with Gasteiger partial charge in [0.2, 0.25) is 12.3 Å². The standard InChI is InChI=1S/C15H21ClN2O.C9H17NS2.C8H15NO.C2H6/c1-2-13-4-3-12(9-15(13)16)10-18-7-5-14(6-8-18)17-11-19;1-4-6-7-10-9(11-3)12-8-5-2;1-5-7(3)9(4)8(10)6-2;1-2/h3-4,9,11,14H,2,5-8,10H2,1H3,(H,17,19);4,6H,5,7-8H2,1-3H3;3,5-6H2,1-2,4H3;1-2H3/b;6-4+,10-9?;;. The molecule has 1 aliphatic heterocycles. The van der Waals surface area contributed by atoms with Crippen molar-refractivity contribution in [2.75, 3.05) is 38.7 Å². The fraction of sp³-hybridized carbons (Fsp3) is 0.618. The number of amides is 2. The smallest absolute Gasteiger partial charge is 0.226 e. The molecule has 6 nitrogen and oxygen atoms in total. The minimum Gasteiger partial charge on any atom is -0.356 e. The maximum absolute atomic E-state index is 11.0. The van der Waals surface area contributed by atoms with Crippen LogP contribution >= 0.6 is 35.1 Å². The molecule has 246 valence electrons. The zero-order valence-electron chi connectivity index (χ0n) is 28.4. The first kappa shape index (κ1) is 43.4. The van der Waals surface area contributed by atoms with Crippen molar-refractivity contribution in [3.63, 3.8) is 0 Å². The van der Waals surface area contributed by atoms with Crippen LogP contribution in [0.1, 0.15) is 91.7 Å². The summed E-state index contributed by atoms with van der Waals surface area (Å²) in [6, 6.07) is 6.72. The molecular weight excluding hydrogens is 596 g/mol. The minimum atomic E-state index is 0.131. The van der Waals surface area contributed by atoms with Crippen molar-refractivity contribution in [3.8, 4) is 0 Å². The molecule has 0 aromatic heterocycles. The van der Waals surface area contributed by atoms with E-state index < -0.39 is 0 Å². The van der Waals surface area contributed by atoms with E-state index in [1.54, 1.807) is 23.7 Å². The molecule has 9 heteroatoms. The largest absolute Gasteiger partial charge is 0.356 e. The third-order valence-electron chi connectivity index (χ3n) is 6.52. The van der Waals surface area contributed by atoms with Gasteiger partial charge in [0.05, 0.1) is 6.54 Å². The van der Waals surface area contributed by atoms with E-state index in [9.17, 15) is 9.59 Å². The van der Waals surface area contributed by atoms with Gasteiger partial charge in [0, 0.05) is 49.9 Å². The highest BCUT2D eigenvalue weighted by Crippen LogP contribution is 2.21. The number of nitrogens with one attached hydrogen (secondary N) is 1. The van der Waals surface area contributed by atoms with Crippen LogP contribution in [-0.4, -0.2) is 71.2 Å². The number of hydrogen-bond acceptors (Lipinski definition) is 6. The molecule has 0 radical (unpaired) electrons. The first-order chi connectivity index (χ1) is 20.7. The lowest BCUT2D eigenvalue weighted by Gasteiger charge is -2.31. The van der Waals surface area contributed by atoms with Gasteiger partial charge < -0.3 is 10.2 Å². The molecule has 1 fully saturated rings. The van der Waals surface area contributed by atoms with E-state index in [2.05, 4.69) is 66.2 Å². The third-order valence-corrected chi connectivity index (χ3v) is 9.19. The second-order valence-electron chi connectivity index (χ2n) is 9.57. The van der Waals surface area contributed by atoms with Crippen molar-refractivity contribution in [2.24, 2.45) is 4.99 Å². The van der Waals surface area contributed by atoms with Crippen LogP contribution in [0.4, 0.5) is 0 Å². The van der Waals surface area contributed by atoms with Gasteiger partial charge in [0.1, 0.15) is 4.38 Å². The van der Waals surface area contributed by atoms with Crippen LogP contribution in [-0.2, 0) is 22.6 Å². The molecular formula is C34H59ClN4O2S2. The molecule has 1 N–H and O–H groups in total. The van der Waals surface area contributed by atoms with Crippen molar-refractivity contribution in [2.45, 2.75) is 99.6 Å². The number of thioether (sulfide) groups is 2. The van der Waals surface area contributed by atoms with E-state index in [0.29, 0.717) is 12.5 Å². The van der Waals surface area contributed by atoms with Gasteiger partial charge in [-0.15, -0.1) is 23.5 Å². The summed E-state index contributed by atoms with van der Waals surface area (Å²) in [6.07, 6.45) is 12.6. The molecule has 1 aliphatic rings. The molecule has 0 bridgehead atoms. The molecule has 2 rings (SSSR count). The van der Waals surface area contributed by atoms with Gasteiger partial charge in [-0.1, -0.05) is 84.0 Å². The average molecular weight is 655 g/mol. The first-order valence-electron chi connectivity index (χ1n) is 15.7. The average Bonchev–Trinajstić information content (AvgIpc) is 3.04. The molecule has 0 aliphatic carbocycles. The van der Waals surface area contributed by atoms with Crippen molar-refractivity contribution in [1.29, 1.82) is 0 Å². The number of nitrogens with zero attached hydrogens (tertiary/aromatic N) is 3. The van der Waals surface area contributed by atoms with Crippen molar-refractivity contribution in [1.82, 2.24) is 15.1 Å².